The molecule has 0 aliphatic heterocycles. The summed E-state index contributed by atoms with van der Waals surface area (Å²) in [7, 11) is 0. The predicted octanol–water partition coefficient (Wildman–Crippen LogP) is 4.35. The lowest BCUT2D eigenvalue weighted by molar-refractivity contribution is 0.557. The van der Waals surface area contributed by atoms with Gasteiger partial charge in [-0.05, 0) is 60.2 Å². The van der Waals surface area contributed by atoms with Crippen molar-refractivity contribution in [2.45, 2.75) is 25.8 Å². The van der Waals surface area contributed by atoms with Crippen molar-refractivity contribution in [3.05, 3.63) is 84.2 Å². The Bertz CT molecular complexity index is 1390. The monoisotopic (exact) mass is 412 g/mol. The van der Waals surface area contributed by atoms with Crippen molar-refractivity contribution in [3.8, 4) is 0 Å². The molecule has 0 N–H and O–H groups in total. The van der Waals surface area contributed by atoms with Gasteiger partial charge in [0.15, 0.2) is 0 Å². The highest BCUT2D eigenvalue weighted by Gasteiger charge is 2.16. The first kappa shape index (κ1) is 17.5. The van der Waals surface area contributed by atoms with Crippen molar-refractivity contribution in [2.24, 2.45) is 0 Å². The Hall–Kier alpha value is -2.63. The third-order valence-corrected chi connectivity index (χ3v) is 5.74. The van der Waals surface area contributed by atoms with Crippen LogP contribution in [-0.2, 0) is 19.4 Å². The molecule has 0 amide bonds. The fourth-order valence-electron chi connectivity index (χ4n) is 3.92. The summed E-state index contributed by atoms with van der Waals surface area (Å²) in [5.41, 5.74) is 3.47. The fourth-order valence-corrected chi connectivity index (χ4v) is 4.46. The van der Waals surface area contributed by atoms with Gasteiger partial charge in [-0.3, -0.25) is 9.36 Å². The Morgan fingerprint density at radius 2 is 1.79 bits per heavy atom. The highest BCUT2D eigenvalue weighted by molar-refractivity contribution is 6.38. The first-order valence-corrected chi connectivity index (χ1v) is 9.68. The number of fused-ring (bicyclic) bond motifs is 3. The summed E-state index contributed by atoms with van der Waals surface area (Å²) in [5, 5.41) is 1.88. The third kappa shape index (κ3) is 2.82. The van der Waals surface area contributed by atoms with Crippen molar-refractivity contribution in [1.29, 1.82) is 0 Å². The molecule has 0 bridgehead atoms. The van der Waals surface area contributed by atoms with E-state index in [1.807, 2.05) is 6.07 Å². The number of hydrogen-bond acceptors (Lipinski definition) is 4. The second-order valence-corrected chi connectivity index (χ2v) is 7.87. The fraction of sp³-hybridized carbons (Fsp3) is 0.190. The smallest absolute Gasteiger partial charge is 0.336 e. The SMILES string of the molecule is O=c1cc(Cn2cnc3c(Cl)cc(Cl)cc3c2=O)c2cc3c(cc2o1)CCC3. The summed E-state index contributed by atoms with van der Waals surface area (Å²) < 4.78 is 6.86. The average Bonchev–Trinajstić information content (AvgIpc) is 3.10. The van der Waals surface area contributed by atoms with Crippen LogP contribution in [0.25, 0.3) is 21.9 Å². The van der Waals surface area contributed by atoms with Crippen LogP contribution in [0.5, 0.6) is 0 Å². The van der Waals surface area contributed by atoms with E-state index < -0.39 is 5.63 Å². The number of aryl methyl sites for hydroxylation is 2. The van der Waals surface area contributed by atoms with Gasteiger partial charge in [-0.15, -0.1) is 0 Å². The maximum absolute atomic E-state index is 12.9. The molecule has 1 aliphatic carbocycles. The van der Waals surface area contributed by atoms with Crippen molar-refractivity contribution in [1.82, 2.24) is 9.55 Å². The van der Waals surface area contributed by atoms with Crippen LogP contribution < -0.4 is 11.2 Å². The second kappa shape index (κ2) is 6.47. The molecule has 0 spiro atoms. The molecule has 5 rings (SSSR count). The van der Waals surface area contributed by atoms with Crippen LogP contribution in [0.15, 0.2) is 50.7 Å². The van der Waals surface area contributed by atoms with Gasteiger partial charge in [-0.2, -0.15) is 0 Å². The van der Waals surface area contributed by atoms with Gasteiger partial charge in [0.25, 0.3) is 5.56 Å². The van der Waals surface area contributed by atoms with Gasteiger partial charge in [0.05, 0.1) is 28.8 Å². The van der Waals surface area contributed by atoms with E-state index >= 15 is 0 Å². The van der Waals surface area contributed by atoms with Crippen LogP contribution >= 0.6 is 23.2 Å². The van der Waals surface area contributed by atoms with Crippen LogP contribution in [0.1, 0.15) is 23.1 Å². The van der Waals surface area contributed by atoms with Crippen LogP contribution in [0.4, 0.5) is 0 Å². The minimum absolute atomic E-state index is 0.201. The summed E-state index contributed by atoms with van der Waals surface area (Å²) in [6.45, 7) is 0.201. The number of aromatic nitrogens is 2. The van der Waals surface area contributed by atoms with Gasteiger partial charge < -0.3 is 4.42 Å². The first-order valence-electron chi connectivity index (χ1n) is 8.92. The van der Waals surface area contributed by atoms with Crippen LogP contribution in [0, 0.1) is 0 Å². The molecule has 0 saturated heterocycles. The molecule has 2 aromatic carbocycles. The van der Waals surface area contributed by atoms with E-state index in [0.717, 1.165) is 30.2 Å². The molecule has 0 saturated carbocycles. The molecule has 0 atom stereocenters. The van der Waals surface area contributed by atoms with Crippen molar-refractivity contribution < 1.29 is 4.42 Å². The van der Waals surface area contributed by atoms with E-state index in [1.54, 1.807) is 12.1 Å². The van der Waals surface area contributed by atoms with E-state index in [9.17, 15) is 9.59 Å². The largest absolute Gasteiger partial charge is 0.423 e. The van der Waals surface area contributed by atoms with E-state index in [0.29, 0.717) is 26.5 Å². The lowest BCUT2D eigenvalue weighted by atomic mass is 10.0. The molecule has 1 aliphatic rings. The number of nitrogens with zero attached hydrogens (tertiary/aromatic N) is 2. The van der Waals surface area contributed by atoms with Crippen LogP contribution in [-0.4, -0.2) is 9.55 Å². The van der Waals surface area contributed by atoms with E-state index in [4.69, 9.17) is 27.6 Å². The molecular formula is C21H14Cl2N2O3. The van der Waals surface area contributed by atoms with Crippen molar-refractivity contribution in [3.63, 3.8) is 0 Å². The minimum Gasteiger partial charge on any atom is -0.423 e. The number of benzene rings is 2. The number of hydrogen-bond donors (Lipinski definition) is 0. The Morgan fingerprint density at radius 1 is 1.00 bits per heavy atom. The molecule has 0 unspecified atom stereocenters. The lowest BCUT2D eigenvalue weighted by Gasteiger charge is -2.11. The zero-order chi connectivity index (χ0) is 19.4. The molecule has 28 heavy (non-hydrogen) atoms. The van der Waals surface area contributed by atoms with Crippen molar-refractivity contribution in [2.75, 3.05) is 0 Å². The molecule has 0 fully saturated rings. The summed E-state index contributed by atoms with van der Waals surface area (Å²) in [4.78, 5) is 29.3. The normalized spacial score (nSPS) is 13.4. The molecule has 4 aromatic rings. The summed E-state index contributed by atoms with van der Waals surface area (Å²) >= 11 is 12.2. The molecule has 140 valence electrons. The van der Waals surface area contributed by atoms with Gasteiger partial charge in [-0.1, -0.05) is 23.2 Å². The maximum atomic E-state index is 12.9. The quantitative estimate of drug-likeness (QED) is 0.459. The Kier molecular flexibility index (Phi) is 4.03. The summed E-state index contributed by atoms with van der Waals surface area (Å²) in [6.07, 6.45) is 4.55. The molecule has 5 nitrogen and oxygen atoms in total. The highest BCUT2D eigenvalue weighted by Crippen LogP contribution is 2.29. The second-order valence-electron chi connectivity index (χ2n) is 7.02. The minimum atomic E-state index is -0.437. The molecule has 0 radical (unpaired) electrons. The molecule has 7 heteroatoms. The van der Waals surface area contributed by atoms with Gasteiger partial charge in [0.1, 0.15) is 5.58 Å². The zero-order valence-corrected chi connectivity index (χ0v) is 16.2. The third-order valence-electron chi connectivity index (χ3n) is 5.23. The van der Waals surface area contributed by atoms with E-state index in [-0.39, 0.29) is 12.1 Å². The van der Waals surface area contributed by atoms with E-state index in [2.05, 4.69) is 11.1 Å². The Labute approximate surface area is 169 Å². The van der Waals surface area contributed by atoms with Gasteiger partial charge >= 0.3 is 5.63 Å². The van der Waals surface area contributed by atoms with Gasteiger partial charge in [0.2, 0.25) is 0 Å². The molecule has 2 heterocycles. The van der Waals surface area contributed by atoms with Crippen LogP contribution in [0.2, 0.25) is 10.0 Å². The molecular weight excluding hydrogens is 399 g/mol. The van der Waals surface area contributed by atoms with Gasteiger partial charge in [0, 0.05) is 16.5 Å². The topological polar surface area (TPSA) is 65.1 Å². The van der Waals surface area contributed by atoms with Crippen LogP contribution in [0.3, 0.4) is 0 Å². The maximum Gasteiger partial charge on any atom is 0.336 e. The summed E-state index contributed by atoms with van der Waals surface area (Å²) in [6, 6.07) is 8.57. The number of halogens is 2. The van der Waals surface area contributed by atoms with Gasteiger partial charge in [-0.25, -0.2) is 9.78 Å². The standard InChI is InChI=1S/C21H14Cl2N2O3/c22-14-7-16-20(17(23)8-14)24-10-25(21(16)27)9-13-6-19(26)28-18-5-12-3-1-2-11(12)4-15(13)18/h4-8,10H,1-3,9H2. The zero-order valence-electron chi connectivity index (χ0n) is 14.7. The first-order chi connectivity index (χ1) is 13.5. The van der Waals surface area contributed by atoms with Crippen molar-refractivity contribution >= 4 is 45.1 Å². The average molecular weight is 413 g/mol. The highest BCUT2D eigenvalue weighted by atomic mass is 35.5. The molecule has 2 aromatic heterocycles. The number of rotatable bonds is 2. The van der Waals surface area contributed by atoms with E-state index in [1.165, 1.54) is 28.1 Å². The predicted molar refractivity (Wildman–Crippen MR) is 110 cm³/mol. The summed E-state index contributed by atoms with van der Waals surface area (Å²) in [5.74, 6) is 0. The Morgan fingerprint density at radius 3 is 2.61 bits per heavy atom. The Balaban J connectivity index is 1.69. The lowest BCUT2D eigenvalue weighted by Crippen LogP contribution is -2.22.